The minimum absolute atomic E-state index is 0.0135. The molecule has 1 fully saturated rings. The molecule has 0 aromatic carbocycles. The lowest BCUT2D eigenvalue weighted by molar-refractivity contribution is -0.125. The molecule has 1 aliphatic rings. The van der Waals surface area contributed by atoms with Crippen molar-refractivity contribution >= 4 is 5.91 Å². The van der Waals surface area contributed by atoms with Crippen molar-refractivity contribution in [3.63, 3.8) is 0 Å². The Hall–Kier alpha value is -0.610. The first kappa shape index (κ1) is 12.5. The molecule has 1 saturated heterocycles. The Morgan fingerprint density at radius 1 is 1.60 bits per heavy atom. The molecule has 0 saturated carbocycles. The molecule has 0 radical (unpaired) electrons. The average Bonchev–Trinajstić information content (AvgIpc) is 2.25. The van der Waals surface area contributed by atoms with Gasteiger partial charge in [0.1, 0.15) is 0 Å². The molecule has 15 heavy (non-hydrogen) atoms. The van der Waals surface area contributed by atoms with Crippen LogP contribution in [0.3, 0.4) is 0 Å². The van der Waals surface area contributed by atoms with Crippen LogP contribution in [-0.2, 0) is 9.53 Å². The van der Waals surface area contributed by atoms with Gasteiger partial charge >= 0.3 is 0 Å². The van der Waals surface area contributed by atoms with Crippen molar-refractivity contribution in [1.29, 1.82) is 0 Å². The van der Waals surface area contributed by atoms with E-state index in [0.29, 0.717) is 25.7 Å². The largest absolute Gasteiger partial charge is 0.380 e. The second kappa shape index (κ2) is 6.80. The van der Waals surface area contributed by atoms with Gasteiger partial charge in [0.05, 0.1) is 12.6 Å². The van der Waals surface area contributed by atoms with E-state index in [1.165, 1.54) is 6.42 Å². The van der Waals surface area contributed by atoms with E-state index in [1.807, 2.05) is 6.92 Å². The molecular weight excluding hydrogens is 192 g/mol. The fraction of sp³-hybridized carbons (Fsp3) is 0.909. The van der Waals surface area contributed by atoms with Crippen molar-refractivity contribution in [3.05, 3.63) is 0 Å². The van der Waals surface area contributed by atoms with E-state index < -0.39 is 0 Å². The summed E-state index contributed by atoms with van der Waals surface area (Å²) in [6.45, 7) is 6.94. The highest BCUT2D eigenvalue weighted by molar-refractivity contribution is 5.82. The van der Waals surface area contributed by atoms with Gasteiger partial charge in [0.25, 0.3) is 0 Å². The summed E-state index contributed by atoms with van der Waals surface area (Å²) in [6, 6.07) is -0.0135. The second-order valence-electron chi connectivity index (χ2n) is 4.04. The lowest BCUT2D eigenvalue weighted by Gasteiger charge is -2.28. The summed E-state index contributed by atoms with van der Waals surface area (Å²) >= 11 is 0. The SMILES string of the molecule is CCOCCNC(=O)C1NCCCC1C. The van der Waals surface area contributed by atoms with Crippen LogP contribution in [-0.4, -0.2) is 38.3 Å². The molecule has 4 heteroatoms. The fourth-order valence-corrected chi connectivity index (χ4v) is 1.90. The van der Waals surface area contributed by atoms with Crippen LogP contribution in [0.15, 0.2) is 0 Å². The number of carbonyl (C=O) groups is 1. The molecule has 0 spiro atoms. The molecule has 1 amide bonds. The summed E-state index contributed by atoms with van der Waals surface area (Å²) in [6.07, 6.45) is 2.31. The quantitative estimate of drug-likeness (QED) is 0.656. The van der Waals surface area contributed by atoms with Gasteiger partial charge in [-0.05, 0) is 32.2 Å². The monoisotopic (exact) mass is 214 g/mol. The molecule has 0 bridgehead atoms. The number of carbonyl (C=O) groups excluding carboxylic acids is 1. The van der Waals surface area contributed by atoms with Gasteiger partial charge < -0.3 is 15.4 Å². The maximum Gasteiger partial charge on any atom is 0.237 e. The summed E-state index contributed by atoms with van der Waals surface area (Å²) < 4.78 is 5.16. The lowest BCUT2D eigenvalue weighted by atomic mass is 9.92. The summed E-state index contributed by atoms with van der Waals surface area (Å²) in [4.78, 5) is 11.7. The van der Waals surface area contributed by atoms with Crippen molar-refractivity contribution in [2.24, 2.45) is 5.92 Å². The van der Waals surface area contributed by atoms with Crippen molar-refractivity contribution < 1.29 is 9.53 Å². The number of rotatable bonds is 5. The average molecular weight is 214 g/mol. The van der Waals surface area contributed by atoms with Gasteiger partial charge in [-0.25, -0.2) is 0 Å². The highest BCUT2D eigenvalue weighted by atomic mass is 16.5. The topological polar surface area (TPSA) is 50.4 Å². The van der Waals surface area contributed by atoms with E-state index in [4.69, 9.17) is 4.74 Å². The molecule has 4 nitrogen and oxygen atoms in total. The Bertz CT molecular complexity index is 197. The minimum Gasteiger partial charge on any atom is -0.380 e. The van der Waals surface area contributed by atoms with Crippen LogP contribution < -0.4 is 10.6 Å². The van der Waals surface area contributed by atoms with Crippen LogP contribution in [0.1, 0.15) is 26.7 Å². The van der Waals surface area contributed by atoms with E-state index in [1.54, 1.807) is 0 Å². The first-order valence-corrected chi connectivity index (χ1v) is 5.84. The number of nitrogens with one attached hydrogen (secondary N) is 2. The zero-order valence-corrected chi connectivity index (χ0v) is 9.71. The zero-order chi connectivity index (χ0) is 11.1. The van der Waals surface area contributed by atoms with Crippen LogP contribution in [0.2, 0.25) is 0 Å². The van der Waals surface area contributed by atoms with Gasteiger partial charge in [-0.2, -0.15) is 0 Å². The van der Waals surface area contributed by atoms with E-state index in [-0.39, 0.29) is 11.9 Å². The standard InChI is InChI=1S/C11H22N2O2/c1-3-15-8-7-13-11(14)10-9(2)5-4-6-12-10/h9-10,12H,3-8H2,1-2H3,(H,13,14). The van der Waals surface area contributed by atoms with Crippen LogP contribution >= 0.6 is 0 Å². The van der Waals surface area contributed by atoms with Gasteiger partial charge in [0.15, 0.2) is 0 Å². The third-order valence-electron chi connectivity index (χ3n) is 2.80. The minimum atomic E-state index is -0.0135. The van der Waals surface area contributed by atoms with Gasteiger partial charge in [-0.15, -0.1) is 0 Å². The molecule has 2 unspecified atom stereocenters. The Kier molecular flexibility index (Phi) is 5.65. The summed E-state index contributed by atoms with van der Waals surface area (Å²) in [5, 5.41) is 6.15. The highest BCUT2D eigenvalue weighted by Crippen LogP contribution is 2.15. The molecule has 88 valence electrons. The maximum atomic E-state index is 11.7. The first-order chi connectivity index (χ1) is 7.25. The summed E-state index contributed by atoms with van der Waals surface area (Å²) in [5.41, 5.74) is 0. The molecule has 2 atom stereocenters. The molecule has 0 aromatic heterocycles. The van der Waals surface area contributed by atoms with Crippen LogP contribution in [0.5, 0.6) is 0 Å². The van der Waals surface area contributed by atoms with E-state index >= 15 is 0 Å². The maximum absolute atomic E-state index is 11.7. The van der Waals surface area contributed by atoms with Crippen molar-refractivity contribution in [1.82, 2.24) is 10.6 Å². The molecule has 1 aliphatic heterocycles. The number of amides is 1. The second-order valence-corrected chi connectivity index (χ2v) is 4.04. The Balaban J connectivity index is 2.20. The molecular formula is C11H22N2O2. The smallest absolute Gasteiger partial charge is 0.237 e. The van der Waals surface area contributed by atoms with Gasteiger partial charge in [-0.3, -0.25) is 4.79 Å². The van der Waals surface area contributed by atoms with Gasteiger partial charge in [0, 0.05) is 13.2 Å². The Morgan fingerprint density at radius 2 is 2.40 bits per heavy atom. The third kappa shape index (κ3) is 4.18. The number of piperidine rings is 1. The number of hydrogen-bond acceptors (Lipinski definition) is 3. The molecule has 0 aromatic rings. The van der Waals surface area contributed by atoms with Crippen LogP contribution in [0, 0.1) is 5.92 Å². The lowest BCUT2D eigenvalue weighted by Crippen LogP contribution is -2.51. The van der Waals surface area contributed by atoms with E-state index in [9.17, 15) is 4.79 Å². The Labute approximate surface area is 91.8 Å². The van der Waals surface area contributed by atoms with Crippen molar-refractivity contribution in [2.75, 3.05) is 26.3 Å². The first-order valence-electron chi connectivity index (χ1n) is 5.84. The van der Waals surface area contributed by atoms with Crippen LogP contribution in [0.25, 0.3) is 0 Å². The summed E-state index contributed by atoms with van der Waals surface area (Å²) in [5.74, 6) is 0.549. The highest BCUT2D eigenvalue weighted by Gasteiger charge is 2.26. The third-order valence-corrected chi connectivity index (χ3v) is 2.80. The van der Waals surface area contributed by atoms with Gasteiger partial charge in [-0.1, -0.05) is 6.92 Å². The van der Waals surface area contributed by atoms with Crippen molar-refractivity contribution in [2.45, 2.75) is 32.7 Å². The predicted octanol–water partition coefficient (Wildman–Crippen LogP) is 0.527. The van der Waals surface area contributed by atoms with Crippen molar-refractivity contribution in [3.8, 4) is 0 Å². The zero-order valence-electron chi connectivity index (χ0n) is 9.71. The molecule has 0 aliphatic carbocycles. The molecule has 2 N–H and O–H groups in total. The number of hydrogen-bond donors (Lipinski definition) is 2. The van der Waals surface area contributed by atoms with E-state index in [2.05, 4.69) is 17.6 Å². The fourth-order valence-electron chi connectivity index (χ4n) is 1.90. The normalized spacial score (nSPS) is 26.3. The Morgan fingerprint density at radius 3 is 3.07 bits per heavy atom. The van der Waals surface area contributed by atoms with Gasteiger partial charge in [0.2, 0.25) is 5.91 Å². The predicted molar refractivity (Wildman–Crippen MR) is 59.7 cm³/mol. The van der Waals surface area contributed by atoms with E-state index in [0.717, 1.165) is 13.0 Å². The number of ether oxygens (including phenoxy) is 1. The molecule has 1 heterocycles. The molecule has 1 rings (SSSR count). The summed E-state index contributed by atoms with van der Waals surface area (Å²) in [7, 11) is 0. The van der Waals surface area contributed by atoms with Crippen LogP contribution in [0.4, 0.5) is 0 Å².